The summed E-state index contributed by atoms with van der Waals surface area (Å²) in [5.74, 6) is -2.22. The van der Waals surface area contributed by atoms with Crippen LogP contribution < -0.4 is 5.11 Å². The van der Waals surface area contributed by atoms with Crippen molar-refractivity contribution >= 4 is 16.1 Å². The van der Waals surface area contributed by atoms with Crippen LogP contribution in [0.2, 0.25) is 0 Å². The Kier molecular flexibility index (Phi) is 10.8. The second kappa shape index (κ2) is 11.1. The molecule has 2 N–H and O–H groups in total. The van der Waals surface area contributed by atoms with Crippen LogP contribution in [0, 0.1) is 0 Å². The van der Waals surface area contributed by atoms with Gasteiger partial charge in [0.25, 0.3) is 0 Å². The van der Waals surface area contributed by atoms with Crippen LogP contribution in [0.15, 0.2) is 0 Å². The number of rotatable bonds is 15. The maximum Gasteiger partial charge on any atom is 0.370 e. The molecule has 0 heterocycles. The van der Waals surface area contributed by atoms with Crippen LogP contribution in [0.3, 0.4) is 0 Å². The SMILES string of the molecule is CCCCCCCCCCCCC[N+](C)(C)C(O)(C(=O)[O-])S(=O)(=O)O. The van der Waals surface area contributed by atoms with Gasteiger partial charge < -0.3 is 15.0 Å². The Labute approximate surface area is 152 Å². The van der Waals surface area contributed by atoms with E-state index >= 15 is 0 Å². The van der Waals surface area contributed by atoms with Gasteiger partial charge in [0.2, 0.25) is 0 Å². The van der Waals surface area contributed by atoms with E-state index in [9.17, 15) is 23.4 Å². The molecule has 0 saturated heterocycles. The third-order valence-electron chi connectivity index (χ3n) is 4.77. The van der Waals surface area contributed by atoms with Gasteiger partial charge in [-0.05, 0) is 12.8 Å². The van der Waals surface area contributed by atoms with Gasteiger partial charge in [0.05, 0.1) is 20.6 Å². The van der Waals surface area contributed by atoms with Crippen molar-refractivity contribution < 1.29 is 32.5 Å². The number of carbonyl (C=O) groups is 1. The third kappa shape index (κ3) is 7.60. The fraction of sp³-hybridized carbons (Fsp3) is 0.941. The molecule has 0 saturated carbocycles. The highest BCUT2D eigenvalue weighted by molar-refractivity contribution is 7.87. The quantitative estimate of drug-likeness (QED) is 0.193. The number of unbranched alkanes of at least 4 members (excludes halogenated alkanes) is 10. The summed E-state index contributed by atoms with van der Waals surface area (Å²) in [6, 6.07) is 0. The lowest BCUT2D eigenvalue weighted by Crippen LogP contribution is -2.71. The Balaban J connectivity index is 4.09. The first-order chi connectivity index (χ1) is 11.5. The zero-order valence-corrected chi connectivity index (χ0v) is 16.7. The minimum atomic E-state index is -5.22. The molecule has 0 radical (unpaired) electrons. The third-order valence-corrected chi connectivity index (χ3v) is 6.15. The van der Waals surface area contributed by atoms with E-state index in [2.05, 4.69) is 6.92 Å². The van der Waals surface area contributed by atoms with Gasteiger partial charge in [-0.15, -0.1) is 0 Å². The summed E-state index contributed by atoms with van der Waals surface area (Å²) in [5.41, 5.74) is 0. The Hall–Kier alpha value is -0.700. The lowest BCUT2D eigenvalue weighted by molar-refractivity contribution is -0.941. The van der Waals surface area contributed by atoms with Crippen LogP contribution in [0.1, 0.15) is 77.6 Å². The Morgan fingerprint density at radius 1 is 0.920 bits per heavy atom. The predicted octanol–water partition coefficient (Wildman–Crippen LogP) is 1.66. The molecule has 1 atom stereocenters. The number of nitrogens with zero attached hydrogens (tertiary/aromatic N) is 1. The molecule has 1 unspecified atom stereocenters. The van der Waals surface area contributed by atoms with Gasteiger partial charge in [0.1, 0.15) is 0 Å². The number of aliphatic carboxylic acids is 1. The summed E-state index contributed by atoms with van der Waals surface area (Å²) < 4.78 is 30.9. The van der Waals surface area contributed by atoms with Crippen LogP contribution >= 0.6 is 0 Å². The van der Waals surface area contributed by atoms with Crippen molar-refractivity contribution in [2.24, 2.45) is 0 Å². The largest absolute Gasteiger partial charge is 0.541 e. The minimum absolute atomic E-state index is 0.0985. The lowest BCUT2D eigenvalue weighted by Gasteiger charge is -2.42. The highest BCUT2D eigenvalue weighted by Crippen LogP contribution is 2.24. The summed E-state index contributed by atoms with van der Waals surface area (Å²) in [6.07, 6.45) is 12.2. The molecule has 0 rings (SSSR count). The standard InChI is InChI=1S/C17H35NO6S/c1-4-5-6-7-8-9-10-11-12-13-14-15-18(2,3)17(21,16(19)20)25(22,23)24/h21H,4-15H2,1-3H3,(H-,19,20,22,23,24). The molecule has 0 bridgehead atoms. The van der Waals surface area contributed by atoms with Crippen LogP contribution in [-0.4, -0.2) is 54.2 Å². The van der Waals surface area contributed by atoms with Gasteiger partial charge in [0.15, 0.2) is 5.97 Å². The van der Waals surface area contributed by atoms with E-state index in [0.717, 1.165) is 19.3 Å². The second-order valence-electron chi connectivity index (χ2n) is 7.31. The van der Waals surface area contributed by atoms with E-state index in [4.69, 9.17) is 4.55 Å². The number of carbonyl (C=O) groups excluding carboxylic acids is 1. The van der Waals surface area contributed by atoms with Crippen LogP contribution in [0.4, 0.5) is 0 Å². The molecule has 0 aromatic carbocycles. The van der Waals surface area contributed by atoms with Crippen molar-refractivity contribution in [2.45, 2.75) is 82.6 Å². The Morgan fingerprint density at radius 2 is 1.28 bits per heavy atom. The van der Waals surface area contributed by atoms with Gasteiger partial charge in [-0.1, -0.05) is 64.7 Å². The zero-order valence-electron chi connectivity index (χ0n) is 15.9. The number of hydrogen-bond donors (Lipinski definition) is 2. The van der Waals surface area contributed by atoms with Crippen LogP contribution in [0.5, 0.6) is 0 Å². The Morgan fingerprint density at radius 3 is 1.60 bits per heavy atom. The van der Waals surface area contributed by atoms with E-state index in [1.807, 2.05) is 0 Å². The molecule has 0 aliphatic rings. The number of quaternary nitrogens is 1. The molecule has 7 nitrogen and oxygen atoms in total. The monoisotopic (exact) mass is 381 g/mol. The summed E-state index contributed by atoms with van der Waals surface area (Å²) >= 11 is 0. The molecule has 25 heavy (non-hydrogen) atoms. The molecule has 0 aliphatic heterocycles. The summed E-state index contributed by atoms with van der Waals surface area (Å²) in [6.45, 7) is 2.30. The molecule has 150 valence electrons. The van der Waals surface area contributed by atoms with Gasteiger partial charge >= 0.3 is 15.2 Å². The van der Waals surface area contributed by atoms with Gasteiger partial charge in [0, 0.05) is 0 Å². The van der Waals surface area contributed by atoms with E-state index in [1.54, 1.807) is 0 Å². The summed E-state index contributed by atoms with van der Waals surface area (Å²) in [7, 11) is -2.72. The zero-order chi connectivity index (χ0) is 19.6. The number of carboxylic acids is 1. The first-order valence-corrected chi connectivity index (χ1v) is 10.7. The number of carboxylic acid groups (broad SMARTS) is 1. The highest BCUT2D eigenvalue weighted by Gasteiger charge is 2.57. The summed E-state index contributed by atoms with van der Waals surface area (Å²) in [4.78, 5) is 11.1. The fourth-order valence-corrected chi connectivity index (χ4v) is 3.91. The predicted molar refractivity (Wildman–Crippen MR) is 94.9 cm³/mol. The maximum absolute atomic E-state index is 11.3. The van der Waals surface area contributed by atoms with Crippen molar-refractivity contribution in [3.8, 4) is 0 Å². The second-order valence-corrected chi connectivity index (χ2v) is 8.83. The number of likely N-dealkylation sites (N-methyl/N-ethyl adjacent to an activating group) is 1. The van der Waals surface area contributed by atoms with Crippen molar-refractivity contribution in [2.75, 3.05) is 20.6 Å². The number of aliphatic hydroxyl groups is 1. The lowest BCUT2D eigenvalue weighted by atomic mass is 10.1. The normalized spacial score (nSPS) is 15.1. The van der Waals surface area contributed by atoms with E-state index < -0.39 is 25.6 Å². The molecule has 0 spiro atoms. The smallest absolute Gasteiger partial charge is 0.370 e. The molecule has 0 aromatic rings. The molecular weight excluding hydrogens is 346 g/mol. The topological polar surface area (TPSA) is 115 Å². The highest BCUT2D eigenvalue weighted by atomic mass is 32.2. The van der Waals surface area contributed by atoms with Crippen LogP contribution in [-0.2, 0) is 14.9 Å². The van der Waals surface area contributed by atoms with Crippen molar-refractivity contribution in [1.82, 2.24) is 0 Å². The molecule has 0 amide bonds. The first-order valence-electron chi connectivity index (χ1n) is 9.24. The average Bonchev–Trinajstić information content (AvgIpc) is 2.50. The van der Waals surface area contributed by atoms with Crippen LogP contribution in [0.25, 0.3) is 0 Å². The average molecular weight is 382 g/mol. The molecule has 0 fully saturated rings. The van der Waals surface area contributed by atoms with E-state index in [0.29, 0.717) is 6.42 Å². The van der Waals surface area contributed by atoms with Gasteiger partial charge in [-0.2, -0.15) is 8.42 Å². The minimum Gasteiger partial charge on any atom is -0.541 e. The fourth-order valence-electron chi connectivity index (χ4n) is 2.99. The molecular formula is C17H35NO6S. The van der Waals surface area contributed by atoms with Crippen molar-refractivity contribution in [3.63, 3.8) is 0 Å². The molecule has 0 aromatic heterocycles. The molecule has 8 heteroatoms. The first kappa shape index (κ1) is 24.3. The van der Waals surface area contributed by atoms with E-state index in [-0.39, 0.29) is 6.54 Å². The van der Waals surface area contributed by atoms with Gasteiger partial charge in [-0.3, -0.25) is 9.04 Å². The molecule has 0 aliphatic carbocycles. The Bertz CT molecular complexity index is 491. The summed E-state index contributed by atoms with van der Waals surface area (Å²) in [5, 5.41) is 17.7. The maximum atomic E-state index is 11.3. The van der Waals surface area contributed by atoms with Crippen molar-refractivity contribution in [3.05, 3.63) is 0 Å². The van der Waals surface area contributed by atoms with Gasteiger partial charge in [-0.25, -0.2) is 0 Å². The number of hydrogen-bond acceptors (Lipinski definition) is 5. The van der Waals surface area contributed by atoms with Crippen molar-refractivity contribution in [1.29, 1.82) is 0 Å². The van der Waals surface area contributed by atoms with E-state index in [1.165, 1.54) is 59.0 Å².